The van der Waals surface area contributed by atoms with Crippen LogP contribution < -0.4 is 5.32 Å². The average Bonchev–Trinajstić information content (AvgIpc) is 3.43. The summed E-state index contributed by atoms with van der Waals surface area (Å²) in [5, 5.41) is 15.7. The minimum atomic E-state index is -0.300. The molecule has 2 aliphatic rings. The summed E-state index contributed by atoms with van der Waals surface area (Å²) in [6, 6.07) is 7.02. The lowest BCUT2D eigenvalue weighted by Gasteiger charge is -2.38. The SMILES string of the molecule is O=C(CSc1nnnn1C1CCCC1)NCC1(c2cccc(F)c2)CCOCC1. The number of thioether (sulfide) groups is 1. The zero-order chi connectivity index (χ0) is 20.1. The molecule has 1 saturated heterocycles. The minimum Gasteiger partial charge on any atom is -0.381 e. The second-order valence-electron chi connectivity index (χ2n) is 7.81. The van der Waals surface area contributed by atoms with E-state index < -0.39 is 0 Å². The summed E-state index contributed by atoms with van der Waals surface area (Å²) in [7, 11) is 0. The summed E-state index contributed by atoms with van der Waals surface area (Å²) in [6.07, 6.45) is 6.07. The number of carbonyl (C=O) groups is 1. The number of carbonyl (C=O) groups excluding carboxylic acids is 1. The van der Waals surface area contributed by atoms with Crippen molar-refractivity contribution in [3.63, 3.8) is 0 Å². The maximum Gasteiger partial charge on any atom is 0.230 e. The van der Waals surface area contributed by atoms with Gasteiger partial charge < -0.3 is 10.1 Å². The van der Waals surface area contributed by atoms with Crippen molar-refractivity contribution in [2.24, 2.45) is 0 Å². The van der Waals surface area contributed by atoms with Gasteiger partial charge in [0.15, 0.2) is 0 Å². The molecule has 29 heavy (non-hydrogen) atoms. The third-order valence-electron chi connectivity index (χ3n) is 5.98. The minimum absolute atomic E-state index is 0.0711. The molecule has 0 radical (unpaired) electrons. The van der Waals surface area contributed by atoms with E-state index in [0.29, 0.717) is 31.0 Å². The number of nitrogens with zero attached hydrogens (tertiary/aromatic N) is 4. The van der Waals surface area contributed by atoms with Crippen molar-refractivity contribution >= 4 is 17.7 Å². The van der Waals surface area contributed by atoms with Crippen LogP contribution in [0.3, 0.4) is 0 Å². The molecule has 2 aromatic rings. The first-order valence-corrected chi connectivity index (χ1v) is 11.2. The van der Waals surface area contributed by atoms with E-state index in [1.807, 2.05) is 10.7 Å². The molecule has 0 bridgehead atoms. The first-order valence-electron chi connectivity index (χ1n) is 10.2. The van der Waals surface area contributed by atoms with Crippen LogP contribution in [0.5, 0.6) is 0 Å². The molecule has 1 aromatic carbocycles. The molecule has 1 amide bonds. The number of benzene rings is 1. The molecule has 0 spiro atoms. The molecule has 1 aliphatic carbocycles. The Morgan fingerprint density at radius 3 is 2.86 bits per heavy atom. The average molecular weight is 420 g/mol. The summed E-state index contributed by atoms with van der Waals surface area (Å²) >= 11 is 1.36. The van der Waals surface area contributed by atoms with E-state index in [1.54, 1.807) is 12.1 Å². The van der Waals surface area contributed by atoms with Gasteiger partial charge in [-0.05, 0) is 53.8 Å². The number of ether oxygens (including phenoxy) is 1. The highest BCUT2D eigenvalue weighted by molar-refractivity contribution is 7.99. The van der Waals surface area contributed by atoms with Gasteiger partial charge >= 0.3 is 0 Å². The molecule has 0 unspecified atom stereocenters. The Labute approximate surface area is 173 Å². The number of hydrogen-bond acceptors (Lipinski definition) is 6. The van der Waals surface area contributed by atoms with Gasteiger partial charge in [-0.1, -0.05) is 36.7 Å². The summed E-state index contributed by atoms with van der Waals surface area (Å²) in [5.41, 5.74) is 0.616. The van der Waals surface area contributed by atoms with E-state index in [-0.39, 0.29) is 22.9 Å². The highest BCUT2D eigenvalue weighted by atomic mass is 32.2. The second-order valence-corrected chi connectivity index (χ2v) is 8.76. The van der Waals surface area contributed by atoms with E-state index in [1.165, 1.54) is 30.7 Å². The molecule has 0 atom stereocenters. The molecule has 7 nitrogen and oxygen atoms in total. The van der Waals surface area contributed by atoms with Crippen LogP contribution in [0.1, 0.15) is 50.1 Å². The second kappa shape index (κ2) is 9.21. The summed E-state index contributed by atoms with van der Waals surface area (Å²) in [5.74, 6) is -0.0738. The topological polar surface area (TPSA) is 81.9 Å². The number of halogens is 1. The van der Waals surface area contributed by atoms with Crippen molar-refractivity contribution in [3.05, 3.63) is 35.6 Å². The molecule has 1 N–H and O–H groups in total. The van der Waals surface area contributed by atoms with Gasteiger partial charge in [-0.25, -0.2) is 9.07 Å². The largest absolute Gasteiger partial charge is 0.381 e. The van der Waals surface area contributed by atoms with Crippen LogP contribution in [0.4, 0.5) is 4.39 Å². The lowest BCUT2D eigenvalue weighted by atomic mass is 9.74. The standard InChI is InChI=1S/C20H26FN5O2S/c21-16-5-3-4-15(12-16)20(8-10-28-11-9-20)14-22-18(27)13-29-19-23-24-25-26(19)17-6-1-2-7-17/h3-5,12,17H,1-2,6-11,13-14H2,(H,22,27). The van der Waals surface area contributed by atoms with Crippen LogP contribution in [0.15, 0.2) is 29.4 Å². The van der Waals surface area contributed by atoms with Crippen LogP contribution in [0.25, 0.3) is 0 Å². The van der Waals surface area contributed by atoms with Crippen molar-refractivity contribution in [2.45, 2.75) is 55.1 Å². The van der Waals surface area contributed by atoms with E-state index in [4.69, 9.17) is 4.74 Å². The quantitative estimate of drug-likeness (QED) is 0.695. The molecule has 1 saturated carbocycles. The normalized spacial score (nSPS) is 19.3. The molecule has 2 fully saturated rings. The molecule has 156 valence electrons. The van der Waals surface area contributed by atoms with Gasteiger partial charge in [0.25, 0.3) is 0 Å². The maximum absolute atomic E-state index is 13.8. The van der Waals surface area contributed by atoms with Gasteiger partial charge in [0.1, 0.15) is 5.82 Å². The van der Waals surface area contributed by atoms with Gasteiger partial charge in [-0.3, -0.25) is 4.79 Å². The summed E-state index contributed by atoms with van der Waals surface area (Å²) < 4.78 is 21.2. The number of aromatic nitrogens is 4. The highest BCUT2D eigenvalue weighted by Crippen LogP contribution is 2.35. The fourth-order valence-electron chi connectivity index (χ4n) is 4.26. The Kier molecular flexibility index (Phi) is 6.44. The molecule has 1 aliphatic heterocycles. The Morgan fingerprint density at radius 1 is 1.31 bits per heavy atom. The molecule has 1 aromatic heterocycles. The number of rotatable bonds is 7. The monoisotopic (exact) mass is 419 g/mol. The van der Waals surface area contributed by atoms with Crippen LogP contribution in [-0.2, 0) is 14.9 Å². The van der Waals surface area contributed by atoms with Gasteiger partial charge in [-0.15, -0.1) is 5.10 Å². The van der Waals surface area contributed by atoms with E-state index in [9.17, 15) is 9.18 Å². The van der Waals surface area contributed by atoms with Crippen molar-refractivity contribution in [1.82, 2.24) is 25.5 Å². The first-order chi connectivity index (χ1) is 14.2. The zero-order valence-corrected chi connectivity index (χ0v) is 17.2. The molecule has 9 heteroatoms. The first kappa shape index (κ1) is 20.3. The van der Waals surface area contributed by atoms with Gasteiger partial charge in [0, 0.05) is 25.2 Å². The van der Waals surface area contributed by atoms with Crippen LogP contribution >= 0.6 is 11.8 Å². The molecule has 4 rings (SSSR count). The number of tetrazole rings is 1. The van der Waals surface area contributed by atoms with Gasteiger partial charge in [0.2, 0.25) is 11.1 Å². The van der Waals surface area contributed by atoms with Crippen molar-refractivity contribution in [1.29, 1.82) is 0 Å². The smallest absolute Gasteiger partial charge is 0.230 e. The van der Waals surface area contributed by atoms with E-state index in [2.05, 4.69) is 20.8 Å². The molecular weight excluding hydrogens is 393 g/mol. The third kappa shape index (κ3) is 4.78. The Hall–Kier alpha value is -2.00. The van der Waals surface area contributed by atoms with Crippen LogP contribution in [-0.4, -0.2) is 51.6 Å². The van der Waals surface area contributed by atoms with Gasteiger partial charge in [0.05, 0.1) is 11.8 Å². The lowest BCUT2D eigenvalue weighted by molar-refractivity contribution is -0.119. The summed E-state index contributed by atoms with van der Waals surface area (Å²) in [6.45, 7) is 1.68. The van der Waals surface area contributed by atoms with E-state index >= 15 is 0 Å². The van der Waals surface area contributed by atoms with E-state index in [0.717, 1.165) is 31.2 Å². The zero-order valence-electron chi connectivity index (χ0n) is 16.3. The number of amides is 1. The van der Waals surface area contributed by atoms with Crippen LogP contribution in [0.2, 0.25) is 0 Å². The summed E-state index contributed by atoms with van der Waals surface area (Å²) in [4.78, 5) is 12.5. The Morgan fingerprint density at radius 2 is 2.10 bits per heavy atom. The van der Waals surface area contributed by atoms with Crippen molar-refractivity contribution < 1.29 is 13.9 Å². The molecular formula is C20H26FN5O2S. The van der Waals surface area contributed by atoms with Gasteiger partial charge in [-0.2, -0.15) is 0 Å². The fraction of sp³-hybridized carbons (Fsp3) is 0.600. The predicted molar refractivity (Wildman–Crippen MR) is 107 cm³/mol. The van der Waals surface area contributed by atoms with Crippen molar-refractivity contribution in [3.8, 4) is 0 Å². The Balaban J connectivity index is 1.36. The third-order valence-corrected chi connectivity index (χ3v) is 6.91. The van der Waals surface area contributed by atoms with Crippen LogP contribution in [0, 0.1) is 5.82 Å². The number of nitrogens with one attached hydrogen (secondary N) is 1. The maximum atomic E-state index is 13.8. The highest BCUT2D eigenvalue weighted by Gasteiger charge is 2.35. The van der Waals surface area contributed by atoms with Crippen molar-refractivity contribution in [2.75, 3.05) is 25.5 Å². The molecule has 2 heterocycles. The predicted octanol–water partition coefficient (Wildman–Crippen LogP) is 2.88. The lowest BCUT2D eigenvalue weighted by Crippen LogP contribution is -2.45. The number of hydrogen-bond donors (Lipinski definition) is 1. The fourth-order valence-corrected chi connectivity index (χ4v) is 5.03. The Bertz CT molecular complexity index is 834.